The van der Waals surface area contributed by atoms with Gasteiger partial charge in [0, 0.05) is 0 Å². The van der Waals surface area contributed by atoms with Gasteiger partial charge in [-0.05, 0) is 0 Å². The number of hydrogen-bond acceptors (Lipinski definition) is 0. The van der Waals surface area contributed by atoms with Gasteiger partial charge in [0.25, 0.3) is 0 Å². The third kappa shape index (κ3) is 4.41. The number of allylic oxidation sites excluding steroid dienone is 2. The second kappa shape index (κ2) is 10.4. The van der Waals surface area contributed by atoms with E-state index in [4.69, 9.17) is 40.2 Å². The van der Waals surface area contributed by atoms with Crippen LogP contribution in [0.1, 0.15) is 43.4 Å². The van der Waals surface area contributed by atoms with Crippen LogP contribution in [-0.4, -0.2) is 5.92 Å². The van der Waals surface area contributed by atoms with E-state index in [1.807, 2.05) is 24.3 Å². The van der Waals surface area contributed by atoms with Crippen molar-refractivity contribution >= 4 is 58.3 Å². The van der Waals surface area contributed by atoms with Crippen molar-refractivity contribution in [3.63, 3.8) is 0 Å². The maximum absolute atomic E-state index is 8.35. The van der Waals surface area contributed by atoms with Crippen molar-refractivity contribution in [2.24, 2.45) is 0 Å². The molecule has 203 valence electrons. The zero-order valence-corrected chi connectivity index (χ0v) is 29.6. The monoisotopic (exact) mass is 697 g/mol. The van der Waals surface area contributed by atoms with Gasteiger partial charge in [0.15, 0.2) is 0 Å². The average molecular weight is 701 g/mol. The molecule has 2 aliphatic carbocycles. The molecule has 0 aliphatic heterocycles. The number of benzene rings is 4. The van der Waals surface area contributed by atoms with Crippen molar-refractivity contribution in [1.82, 2.24) is 0 Å². The minimum atomic E-state index is -4.70. The quantitative estimate of drug-likeness (QED) is 0.182. The van der Waals surface area contributed by atoms with E-state index in [0.29, 0.717) is 0 Å². The van der Waals surface area contributed by atoms with Crippen LogP contribution in [0.4, 0.5) is 0 Å². The van der Waals surface area contributed by atoms with Crippen LogP contribution in [-0.2, 0) is 15.6 Å². The molecule has 0 amide bonds. The summed E-state index contributed by atoms with van der Waals surface area (Å²) in [7, 11) is 16.7. The van der Waals surface area contributed by atoms with Crippen molar-refractivity contribution in [3.05, 3.63) is 128 Å². The van der Waals surface area contributed by atoms with Crippen LogP contribution < -0.4 is 0 Å². The summed E-state index contributed by atoms with van der Waals surface area (Å²) in [5, 5.41) is 1.48. The SMILES string of the molecule is CC1=Cc2c(-c3ccc(Cl)cc3)cccc2[CH]1[Zr]([Cl])([Cl])([CH]1C(C)=Cc2c(-c3ccc(Cl)cc3)cccc21)[SiH](C)C. The van der Waals surface area contributed by atoms with Crippen LogP contribution in [0.2, 0.25) is 23.1 Å². The van der Waals surface area contributed by atoms with Gasteiger partial charge in [-0.2, -0.15) is 0 Å². The van der Waals surface area contributed by atoms with Gasteiger partial charge in [-0.15, -0.1) is 0 Å². The molecule has 0 bridgehead atoms. The van der Waals surface area contributed by atoms with Gasteiger partial charge in [0.1, 0.15) is 0 Å². The molecule has 0 heterocycles. The van der Waals surface area contributed by atoms with Gasteiger partial charge in [-0.1, -0.05) is 0 Å². The van der Waals surface area contributed by atoms with Gasteiger partial charge in [-0.25, -0.2) is 0 Å². The molecule has 6 heteroatoms. The van der Waals surface area contributed by atoms with Gasteiger partial charge in [0.05, 0.1) is 0 Å². The van der Waals surface area contributed by atoms with Crippen molar-refractivity contribution in [2.75, 3.05) is 0 Å². The molecule has 0 N–H and O–H groups in total. The van der Waals surface area contributed by atoms with Gasteiger partial charge in [0.2, 0.25) is 0 Å². The van der Waals surface area contributed by atoms with E-state index in [1.54, 1.807) is 0 Å². The number of hydrogen-bond donors (Lipinski definition) is 0. The van der Waals surface area contributed by atoms with Crippen LogP contribution >= 0.6 is 40.2 Å². The predicted octanol–water partition coefficient (Wildman–Crippen LogP) is 11.9. The first-order chi connectivity index (χ1) is 19.0. The van der Waals surface area contributed by atoms with E-state index < -0.39 is 21.5 Å². The summed E-state index contributed by atoms with van der Waals surface area (Å²) in [5.41, 5.74) is 12.4. The Balaban J connectivity index is 1.54. The first kappa shape index (κ1) is 28.7. The Labute approximate surface area is 256 Å². The summed E-state index contributed by atoms with van der Waals surface area (Å²) >= 11 is 7.73. The molecule has 40 heavy (non-hydrogen) atoms. The summed E-state index contributed by atoms with van der Waals surface area (Å²) in [5.74, 6) is -1.58. The van der Waals surface area contributed by atoms with E-state index in [1.165, 1.54) is 44.5 Å². The number of halogens is 4. The summed E-state index contributed by atoms with van der Waals surface area (Å²) in [6.07, 6.45) is 4.69. The number of fused-ring (bicyclic) bond motifs is 2. The summed E-state index contributed by atoms with van der Waals surface area (Å²) in [6, 6.07) is 29.4. The van der Waals surface area contributed by atoms with Crippen molar-refractivity contribution in [2.45, 2.75) is 34.2 Å². The first-order valence-electron chi connectivity index (χ1n) is 13.7. The Morgan fingerprint density at radius 1 is 0.575 bits per heavy atom. The second-order valence-electron chi connectivity index (χ2n) is 11.7. The molecule has 6 rings (SSSR count). The molecule has 2 atom stereocenters. The van der Waals surface area contributed by atoms with Gasteiger partial charge >= 0.3 is 259 Å². The molecule has 0 aromatic heterocycles. The molecule has 4 aromatic carbocycles. The summed E-state index contributed by atoms with van der Waals surface area (Å²) in [6.45, 7) is 9.25. The fraction of sp³-hybridized carbons (Fsp3) is 0.176. The van der Waals surface area contributed by atoms with Crippen LogP contribution in [0, 0.1) is 0 Å². The van der Waals surface area contributed by atoms with Crippen LogP contribution in [0.5, 0.6) is 0 Å². The molecule has 0 radical (unpaired) electrons. The van der Waals surface area contributed by atoms with Crippen LogP contribution in [0.15, 0.2) is 96.1 Å². The van der Waals surface area contributed by atoms with E-state index in [-0.39, 0.29) is 7.25 Å². The molecule has 0 spiro atoms. The Morgan fingerprint density at radius 3 is 1.30 bits per heavy atom. The average Bonchev–Trinajstić information content (AvgIpc) is 3.46. The molecule has 2 unspecified atom stereocenters. The van der Waals surface area contributed by atoms with E-state index in [2.05, 4.69) is 99.8 Å². The Hall–Kier alpha value is -1.38. The number of rotatable bonds is 5. The van der Waals surface area contributed by atoms with E-state index >= 15 is 0 Å². The van der Waals surface area contributed by atoms with Crippen LogP contribution in [0.3, 0.4) is 0 Å². The molecule has 0 saturated carbocycles. The van der Waals surface area contributed by atoms with E-state index in [0.717, 1.165) is 21.2 Å². The van der Waals surface area contributed by atoms with Gasteiger partial charge < -0.3 is 0 Å². The maximum atomic E-state index is 8.35. The summed E-state index contributed by atoms with van der Waals surface area (Å²) < 4.78 is 0.134. The fourth-order valence-corrected chi connectivity index (χ4v) is 40.3. The zero-order valence-electron chi connectivity index (χ0n) is 23.0. The van der Waals surface area contributed by atoms with Crippen molar-refractivity contribution in [3.8, 4) is 22.3 Å². The Morgan fingerprint density at radius 2 is 0.950 bits per heavy atom. The molecular formula is C34H31Cl4SiZr. The second-order valence-corrected chi connectivity index (χ2v) is 55.0. The summed E-state index contributed by atoms with van der Waals surface area (Å²) in [4.78, 5) is 0. The van der Waals surface area contributed by atoms with Crippen molar-refractivity contribution < 1.29 is 15.6 Å². The normalized spacial score (nSPS) is 19.1. The molecule has 4 aromatic rings. The molecule has 2 aliphatic rings. The van der Waals surface area contributed by atoms with Crippen LogP contribution in [0.25, 0.3) is 34.4 Å². The Bertz CT molecular complexity index is 1580. The molecular weight excluding hydrogens is 669 g/mol. The zero-order chi connectivity index (χ0) is 28.4. The van der Waals surface area contributed by atoms with Gasteiger partial charge in [-0.3, -0.25) is 0 Å². The van der Waals surface area contributed by atoms with E-state index in [9.17, 15) is 0 Å². The third-order valence-electron chi connectivity index (χ3n) is 9.07. The topological polar surface area (TPSA) is 0 Å². The Kier molecular flexibility index (Phi) is 7.47. The molecule has 0 fully saturated rings. The fourth-order valence-electron chi connectivity index (χ4n) is 7.16. The molecule has 0 saturated heterocycles. The minimum absolute atomic E-state index is 0.0668. The first-order valence-corrected chi connectivity index (χ1v) is 30.8. The van der Waals surface area contributed by atoms with Crippen molar-refractivity contribution in [1.29, 1.82) is 0 Å². The standard InChI is InChI=1S/2C16H12Cl.C2H7Si.2ClH.Zr/c2*1-11-9-13-3-2-4-15(16(13)10-11)12-5-7-14(17)8-6-12;1-3-2;;;/h2*2-10H,1H3;3H,1-2H3;2*1H;/q;;;;;+2/p-2. The molecule has 0 nitrogen and oxygen atoms in total. The third-order valence-corrected chi connectivity index (χ3v) is 61.8. The predicted molar refractivity (Wildman–Crippen MR) is 177 cm³/mol.